The van der Waals surface area contributed by atoms with E-state index in [1.165, 1.54) is 21.2 Å². The van der Waals surface area contributed by atoms with Crippen molar-refractivity contribution in [1.82, 2.24) is 0 Å². The highest BCUT2D eigenvalue weighted by molar-refractivity contribution is 9.10. The molecule has 2 aromatic carbocycles. The molecule has 0 aliphatic heterocycles. The van der Waals surface area contributed by atoms with Crippen LogP contribution in [0.5, 0.6) is 0 Å². The molecule has 0 saturated carbocycles. The van der Waals surface area contributed by atoms with Crippen LogP contribution >= 0.6 is 27.3 Å². The largest absolute Gasteiger partial charge is 0.324 e. The molecule has 1 atom stereocenters. The molecule has 1 unspecified atom stereocenters. The highest BCUT2D eigenvalue weighted by Gasteiger charge is 2.11. The van der Waals surface area contributed by atoms with Gasteiger partial charge in [-0.1, -0.05) is 42.5 Å². The van der Waals surface area contributed by atoms with Crippen molar-refractivity contribution in [3.8, 4) is 0 Å². The van der Waals surface area contributed by atoms with Gasteiger partial charge in [0.1, 0.15) is 0 Å². The fourth-order valence-electron chi connectivity index (χ4n) is 2.36. The molecule has 0 radical (unpaired) electrons. The molecule has 0 fully saturated rings. The smallest absolute Gasteiger partial charge is 0.0349 e. The van der Waals surface area contributed by atoms with Gasteiger partial charge in [0.05, 0.1) is 0 Å². The zero-order valence-electron chi connectivity index (χ0n) is 10.3. The molecule has 1 nitrogen and oxygen atoms in total. The molecule has 0 spiro atoms. The van der Waals surface area contributed by atoms with Crippen LogP contribution in [0.4, 0.5) is 0 Å². The minimum absolute atomic E-state index is 0.0386. The average molecular weight is 332 g/mol. The average Bonchev–Trinajstić information content (AvgIpc) is 2.83. The van der Waals surface area contributed by atoms with Gasteiger partial charge < -0.3 is 5.73 Å². The van der Waals surface area contributed by atoms with Gasteiger partial charge in [0.25, 0.3) is 0 Å². The lowest BCUT2D eigenvalue weighted by Crippen LogP contribution is -2.13. The standard InChI is InChI=1S/C16H14BrNS/c17-12-8-13(19-10-12)9-16(18)15-7-3-5-11-4-1-2-6-14(11)15/h1-8,10,16H,9,18H2. The molecule has 0 aliphatic carbocycles. The zero-order chi connectivity index (χ0) is 13.2. The topological polar surface area (TPSA) is 26.0 Å². The Hall–Kier alpha value is -1.16. The lowest BCUT2D eigenvalue weighted by molar-refractivity contribution is 0.736. The zero-order valence-corrected chi connectivity index (χ0v) is 12.7. The molecular weight excluding hydrogens is 318 g/mol. The normalized spacial score (nSPS) is 12.7. The molecule has 0 saturated heterocycles. The summed E-state index contributed by atoms with van der Waals surface area (Å²) in [7, 11) is 0. The highest BCUT2D eigenvalue weighted by atomic mass is 79.9. The summed E-state index contributed by atoms with van der Waals surface area (Å²) in [6.07, 6.45) is 0.879. The summed E-state index contributed by atoms with van der Waals surface area (Å²) in [5.41, 5.74) is 7.62. The molecule has 1 heterocycles. The lowest BCUT2D eigenvalue weighted by atomic mass is 9.97. The Morgan fingerprint density at radius 3 is 2.68 bits per heavy atom. The van der Waals surface area contributed by atoms with E-state index in [1.807, 2.05) is 0 Å². The maximum absolute atomic E-state index is 6.39. The number of nitrogens with two attached hydrogens (primary N) is 1. The van der Waals surface area contributed by atoms with Gasteiger partial charge in [-0.05, 0) is 38.3 Å². The maximum Gasteiger partial charge on any atom is 0.0349 e. The van der Waals surface area contributed by atoms with Crippen LogP contribution in [-0.2, 0) is 6.42 Å². The van der Waals surface area contributed by atoms with E-state index in [1.54, 1.807) is 11.3 Å². The number of rotatable bonds is 3. The maximum atomic E-state index is 6.39. The first-order valence-electron chi connectivity index (χ1n) is 6.20. The molecule has 0 bridgehead atoms. The van der Waals surface area contributed by atoms with Crippen LogP contribution in [0.2, 0.25) is 0 Å². The summed E-state index contributed by atoms with van der Waals surface area (Å²) >= 11 is 5.24. The van der Waals surface area contributed by atoms with Crippen molar-refractivity contribution in [1.29, 1.82) is 0 Å². The van der Waals surface area contributed by atoms with Gasteiger partial charge in [-0.2, -0.15) is 0 Å². The Kier molecular flexibility index (Phi) is 3.69. The summed E-state index contributed by atoms with van der Waals surface area (Å²) in [5.74, 6) is 0. The molecule has 3 heteroatoms. The summed E-state index contributed by atoms with van der Waals surface area (Å²) in [6.45, 7) is 0. The lowest BCUT2D eigenvalue weighted by Gasteiger charge is -2.14. The third-order valence-corrected chi connectivity index (χ3v) is 4.99. The van der Waals surface area contributed by atoms with E-state index in [2.05, 4.69) is 69.8 Å². The van der Waals surface area contributed by atoms with Crippen LogP contribution in [0.15, 0.2) is 58.4 Å². The van der Waals surface area contributed by atoms with Crippen molar-refractivity contribution in [3.63, 3.8) is 0 Å². The van der Waals surface area contributed by atoms with Crippen LogP contribution < -0.4 is 5.73 Å². The summed E-state index contributed by atoms with van der Waals surface area (Å²) in [5, 5.41) is 4.61. The molecule has 0 amide bonds. The van der Waals surface area contributed by atoms with Gasteiger partial charge in [-0.15, -0.1) is 11.3 Å². The first-order valence-corrected chi connectivity index (χ1v) is 7.87. The SMILES string of the molecule is NC(Cc1cc(Br)cs1)c1cccc2ccccc12. The number of benzene rings is 2. The van der Waals surface area contributed by atoms with Crippen LogP contribution in [0.3, 0.4) is 0 Å². The summed E-state index contributed by atoms with van der Waals surface area (Å²) < 4.78 is 1.14. The van der Waals surface area contributed by atoms with Gasteiger partial charge in [-0.25, -0.2) is 0 Å². The third kappa shape index (κ3) is 2.73. The molecule has 19 heavy (non-hydrogen) atoms. The predicted molar refractivity (Wildman–Crippen MR) is 86.6 cm³/mol. The van der Waals surface area contributed by atoms with Crippen molar-refractivity contribution >= 4 is 38.0 Å². The Morgan fingerprint density at radius 2 is 1.89 bits per heavy atom. The highest BCUT2D eigenvalue weighted by Crippen LogP contribution is 2.28. The van der Waals surface area contributed by atoms with Crippen molar-refractivity contribution in [2.75, 3.05) is 0 Å². The van der Waals surface area contributed by atoms with Crippen LogP contribution in [0.1, 0.15) is 16.5 Å². The fourth-order valence-corrected chi connectivity index (χ4v) is 3.87. The molecular formula is C16H14BrNS. The summed E-state index contributed by atoms with van der Waals surface area (Å²) in [6, 6.07) is 17.0. The van der Waals surface area contributed by atoms with E-state index in [-0.39, 0.29) is 6.04 Å². The van der Waals surface area contributed by atoms with Gasteiger partial charge in [0.2, 0.25) is 0 Å². The van der Waals surface area contributed by atoms with E-state index in [9.17, 15) is 0 Å². The quantitative estimate of drug-likeness (QED) is 0.725. The van der Waals surface area contributed by atoms with E-state index in [0.717, 1.165) is 10.9 Å². The molecule has 0 aliphatic rings. The first kappa shape index (κ1) is 12.9. The second kappa shape index (κ2) is 5.45. The monoisotopic (exact) mass is 331 g/mol. The van der Waals surface area contributed by atoms with E-state index in [0.29, 0.717) is 0 Å². The van der Waals surface area contributed by atoms with Crippen molar-refractivity contribution in [2.24, 2.45) is 5.73 Å². The molecule has 2 N–H and O–H groups in total. The first-order chi connectivity index (χ1) is 9.24. The summed E-state index contributed by atoms with van der Waals surface area (Å²) in [4.78, 5) is 1.31. The molecule has 96 valence electrons. The number of thiophene rings is 1. The minimum Gasteiger partial charge on any atom is -0.324 e. The van der Waals surface area contributed by atoms with Gasteiger partial charge in [0.15, 0.2) is 0 Å². The predicted octanol–water partition coefficient (Wildman–Crippen LogP) is 4.91. The third-order valence-electron chi connectivity index (χ3n) is 3.27. The fraction of sp³-hybridized carbons (Fsp3) is 0.125. The molecule has 3 aromatic rings. The van der Waals surface area contributed by atoms with Gasteiger partial charge in [0, 0.05) is 27.2 Å². The number of hydrogen-bond acceptors (Lipinski definition) is 2. The second-order valence-electron chi connectivity index (χ2n) is 4.61. The van der Waals surface area contributed by atoms with Crippen LogP contribution in [0, 0.1) is 0 Å². The van der Waals surface area contributed by atoms with Crippen molar-refractivity contribution < 1.29 is 0 Å². The van der Waals surface area contributed by atoms with Gasteiger partial charge in [-0.3, -0.25) is 0 Å². The number of hydrogen-bond donors (Lipinski definition) is 1. The van der Waals surface area contributed by atoms with E-state index >= 15 is 0 Å². The Labute approximate surface area is 125 Å². The van der Waals surface area contributed by atoms with Crippen LogP contribution in [0.25, 0.3) is 10.8 Å². The van der Waals surface area contributed by atoms with Crippen molar-refractivity contribution in [3.05, 3.63) is 68.8 Å². The minimum atomic E-state index is 0.0386. The number of halogens is 1. The Morgan fingerprint density at radius 1 is 1.11 bits per heavy atom. The van der Waals surface area contributed by atoms with Crippen LogP contribution in [-0.4, -0.2) is 0 Å². The van der Waals surface area contributed by atoms with E-state index in [4.69, 9.17) is 5.73 Å². The van der Waals surface area contributed by atoms with E-state index < -0.39 is 0 Å². The van der Waals surface area contributed by atoms with Crippen molar-refractivity contribution in [2.45, 2.75) is 12.5 Å². The molecule has 3 rings (SSSR count). The Balaban J connectivity index is 1.95. The Bertz CT molecular complexity index is 699. The number of fused-ring (bicyclic) bond motifs is 1. The second-order valence-corrected chi connectivity index (χ2v) is 6.52. The molecule has 1 aromatic heterocycles. The van der Waals surface area contributed by atoms with Gasteiger partial charge >= 0.3 is 0 Å².